The Morgan fingerprint density at radius 3 is 2.42 bits per heavy atom. The third kappa shape index (κ3) is 5.16. The van der Waals surface area contributed by atoms with Gasteiger partial charge < -0.3 is 15.8 Å². The molecule has 0 aromatic heterocycles. The van der Waals surface area contributed by atoms with Crippen molar-refractivity contribution in [1.82, 2.24) is 5.32 Å². The Kier molecular flexibility index (Phi) is 6.81. The van der Waals surface area contributed by atoms with Crippen molar-refractivity contribution in [2.24, 2.45) is 5.73 Å². The predicted octanol–water partition coefficient (Wildman–Crippen LogP) is 3.37. The van der Waals surface area contributed by atoms with E-state index in [0.29, 0.717) is 6.54 Å². The lowest BCUT2D eigenvalue weighted by atomic mass is 9.98. The highest BCUT2D eigenvalue weighted by molar-refractivity contribution is 5.81. The maximum absolute atomic E-state index is 12.6. The van der Waals surface area contributed by atoms with Gasteiger partial charge in [0.2, 0.25) is 5.91 Å². The van der Waals surface area contributed by atoms with E-state index in [2.05, 4.69) is 41.7 Å². The van der Waals surface area contributed by atoms with Gasteiger partial charge in [-0.25, -0.2) is 0 Å². The number of rotatable bonds is 8. The molecule has 1 aliphatic heterocycles. The minimum atomic E-state index is -0.371. The van der Waals surface area contributed by atoms with E-state index < -0.39 is 0 Å². The maximum atomic E-state index is 12.6. The Balaban J connectivity index is 1.59. The lowest BCUT2D eigenvalue weighted by Gasteiger charge is -2.22. The Hall–Kier alpha value is -2.17. The zero-order valence-corrected chi connectivity index (χ0v) is 15.1. The number of hydrogen-bond acceptors (Lipinski definition) is 3. The van der Waals surface area contributed by atoms with Crippen LogP contribution in [0.15, 0.2) is 60.7 Å². The first kappa shape index (κ1) is 18.6. The molecule has 26 heavy (non-hydrogen) atoms. The topological polar surface area (TPSA) is 64.4 Å². The molecule has 1 saturated heterocycles. The van der Waals surface area contributed by atoms with Crippen LogP contribution in [0.3, 0.4) is 0 Å². The van der Waals surface area contributed by atoms with Gasteiger partial charge in [0.1, 0.15) is 6.10 Å². The van der Waals surface area contributed by atoms with Gasteiger partial charge in [-0.3, -0.25) is 4.79 Å². The van der Waals surface area contributed by atoms with Crippen LogP contribution in [0.1, 0.15) is 42.9 Å². The molecule has 3 N–H and O–H groups in total. The van der Waals surface area contributed by atoms with Crippen molar-refractivity contribution in [1.29, 1.82) is 0 Å². The van der Waals surface area contributed by atoms with E-state index in [1.807, 2.05) is 24.3 Å². The predicted molar refractivity (Wildman–Crippen MR) is 104 cm³/mol. The van der Waals surface area contributed by atoms with Crippen LogP contribution in [0.25, 0.3) is 0 Å². The number of hydrogen-bond donors (Lipinski definition) is 2. The quantitative estimate of drug-likeness (QED) is 0.765. The van der Waals surface area contributed by atoms with Gasteiger partial charge in [-0.2, -0.15) is 0 Å². The van der Waals surface area contributed by atoms with Crippen LogP contribution in [0, 0.1) is 0 Å². The van der Waals surface area contributed by atoms with Gasteiger partial charge in [0.15, 0.2) is 0 Å². The SMILES string of the molecule is NC[C@H]1CC[C@@H](C(=O)NC(CCCc2ccccc2)c2ccccc2)O1. The summed E-state index contributed by atoms with van der Waals surface area (Å²) in [4.78, 5) is 12.6. The van der Waals surface area contributed by atoms with E-state index in [1.54, 1.807) is 0 Å². The molecule has 1 aliphatic rings. The molecule has 1 fully saturated rings. The third-order valence-corrected chi connectivity index (χ3v) is 4.98. The van der Waals surface area contributed by atoms with Crippen molar-refractivity contribution < 1.29 is 9.53 Å². The lowest BCUT2D eigenvalue weighted by Crippen LogP contribution is -2.38. The largest absolute Gasteiger partial charge is 0.364 e. The van der Waals surface area contributed by atoms with Crippen LogP contribution >= 0.6 is 0 Å². The summed E-state index contributed by atoms with van der Waals surface area (Å²) in [6.45, 7) is 0.475. The normalized spacial score (nSPS) is 20.7. The maximum Gasteiger partial charge on any atom is 0.249 e. The number of amides is 1. The molecule has 4 nitrogen and oxygen atoms in total. The summed E-state index contributed by atoms with van der Waals surface area (Å²) in [6, 6.07) is 20.7. The molecule has 0 aliphatic carbocycles. The molecule has 138 valence electrons. The van der Waals surface area contributed by atoms with E-state index >= 15 is 0 Å². The minimum Gasteiger partial charge on any atom is -0.364 e. The van der Waals surface area contributed by atoms with Crippen LogP contribution < -0.4 is 11.1 Å². The lowest BCUT2D eigenvalue weighted by molar-refractivity contribution is -0.132. The third-order valence-electron chi connectivity index (χ3n) is 4.98. The molecule has 0 radical (unpaired) electrons. The summed E-state index contributed by atoms with van der Waals surface area (Å²) in [5.41, 5.74) is 8.12. The first-order valence-electron chi connectivity index (χ1n) is 9.51. The van der Waals surface area contributed by atoms with Gasteiger partial charge in [-0.1, -0.05) is 60.7 Å². The highest BCUT2D eigenvalue weighted by atomic mass is 16.5. The van der Waals surface area contributed by atoms with Gasteiger partial charge in [0.25, 0.3) is 0 Å². The van der Waals surface area contributed by atoms with E-state index in [-0.39, 0.29) is 24.2 Å². The molecule has 0 bridgehead atoms. The molecule has 1 amide bonds. The number of benzene rings is 2. The summed E-state index contributed by atoms with van der Waals surface area (Å²) >= 11 is 0. The second-order valence-corrected chi connectivity index (χ2v) is 6.91. The number of aryl methyl sites for hydroxylation is 1. The fourth-order valence-corrected chi connectivity index (χ4v) is 3.50. The molecule has 2 aromatic rings. The van der Waals surface area contributed by atoms with Crippen LogP contribution in [-0.4, -0.2) is 24.7 Å². The Morgan fingerprint density at radius 1 is 1.08 bits per heavy atom. The number of nitrogens with two attached hydrogens (primary N) is 1. The van der Waals surface area contributed by atoms with E-state index in [4.69, 9.17) is 10.5 Å². The minimum absolute atomic E-state index is 0.00735. The van der Waals surface area contributed by atoms with E-state index in [0.717, 1.165) is 37.7 Å². The zero-order valence-electron chi connectivity index (χ0n) is 15.1. The Morgan fingerprint density at radius 2 is 1.77 bits per heavy atom. The molecule has 3 atom stereocenters. The molecule has 0 saturated carbocycles. The number of nitrogens with one attached hydrogen (secondary N) is 1. The summed E-state index contributed by atoms with van der Waals surface area (Å²) in [5.74, 6) is -0.0190. The monoisotopic (exact) mass is 352 g/mol. The summed E-state index contributed by atoms with van der Waals surface area (Å²) in [6.07, 6.45) is 4.17. The molecule has 4 heteroatoms. The van der Waals surface area contributed by atoms with Crippen molar-refractivity contribution in [3.8, 4) is 0 Å². The zero-order chi connectivity index (χ0) is 18.2. The van der Waals surface area contributed by atoms with Gasteiger partial charge >= 0.3 is 0 Å². The highest BCUT2D eigenvalue weighted by Gasteiger charge is 2.31. The van der Waals surface area contributed by atoms with Gasteiger partial charge in [-0.15, -0.1) is 0 Å². The van der Waals surface area contributed by atoms with E-state index in [9.17, 15) is 4.79 Å². The van der Waals surface area contributed by atoms with Crippen molar-refractivity contribution in [2.45, 2.75) is 50.4 Å². The Bertz CT molecular complexity index is 675. The smallest absolute Gasteiger partial charge is 0.249 e. The van der Waals surface area contributed by atoms with Gasteiger partial charge in [-0.05, 0) is 43.2 Å². The van der Waals surface area contributed by atoms with Crippen molar-refractivity contribution in [2.75, 3.05) is 6.54 Å². The first-order chi connectivity index (χ1) is 12.8. The van der Waals surface area contributed by atoms with Crippen LogP contribution in [0.5, 0.6) is 0 Å². The van der Waals surface area contributed by atoms with Crippen molar-refractivity contribution in [3.63, 3.8) is 0 Å². The molecular formula is C22H28N2O2. The standard InChI is InChI=1S/C22H28N2O2/c23-16-19-14-15-21(26-19)22(25)24-20(18-11-5-2-6-12-18)13-7-10-17-8-3-1-4-9-17/h1-6,8-9,11-12,19-21H,7,10,13-16,23H2,(H,24,25)/t19-,20?,21+/m1/s1. The molecule has 1 heterocycles. The summed E-state index contributed by atoms with van der Waals surface area (Å²) < 4.78 is 5.75. The summed E-state index contributed by atoms with van der Waals surface area (Å²) in [7, 11) is 0. The second kappa shape index (κ2) is 9.51. The van der Waals surface area contributed by atoms with Crippen molar-refractivity contribution >= 4 is 5.91 Å². The molecule has 1 unspecified atom stereocenters. The van der Waals surface area contributed by atoms with Crippen molar-refractivity contribution in [3.05, 3.63) is 71.8 Å². The number of carbonyl (C=O) groups excluding carboxylic acids is 1. The van der Waals surface area contributed by atoms with Crippen LogP contribution in [-0.2, 0) is 16.0 Å². The molecule has 3 rings (SSSR count). The molecule has 0 spiro atoms. The fourth-order valence-electron chi connectivity index (χ4n) is 3.50. The number of carbonyl (C=O) groups is 1. The molecule has 2 aromatic carbocycles. The van der Waals surface area contributed by atoms with Gasteiger partial charge in [0.05, 0.1) is 12.1 Å². The molecular weight excluding hydrogens is 324 g/mol. The average molecular weight is 352 g/mol. The number of ether oxygens (including phenoxy) is 1. The first-order valence-corrected chi connectivity index (χ1v) is 9.51. The Labute approximate surface area is 155 Å². The fraction of sp³-hybridized carbons (Fsp3) is 0.409. The summed E-state index contributed by atoms with van der Waals surface area (Å²) in [5, 5.41) is 3.20. The van der Waals surface area contributed by atoms with Gasteiger partial charge in [0, 0.05) is 6.54 Å². The average Bonchev–Trinajstić information content (AvgIpc) is 3.18. The van der Waals surface area contributed by atoms with Crippen LogP contribution in [0.2, 0.25) is 0 Å². The van der Waals surface area contributed by atoms with Crippen LogP contribution in [0.4, 0.5) is 0 Å². The second-order valence-electron chi connectivity index (χ2n) is 6.91. The van der Waals surface area contributed by atoms with E-state index in [1.165, 1.54) is 5.56 Å². The highest BCUT2D eigenvalue weighted by Crippen LogP contribution is 2.23.